The lowest BCUT2D eigenvalue weighted by Crippen LogP contribution is -2.01. The Hall–Kier alpha value is -2.59. The van der Waals surface area contributed by atoms with E-state index in [1.165, 1.54) is 16.7 Å². The molecule has 5 heteroatoms. The van der Waals surface area contributed by atoms with Crippen molar-refractivity contribution >= 4 is 17.4 Å². The molecule has 0 radical (unpaired) electrons. The number of anilines is 1. The van der Waals surface area contributed by atoms with Crippen LogP contribution < -0.4 is 10.1 Å². The van der Waals surface area contributed by atoms with E-state index in [1.807, 2.05) is 30.5 Å². The van der Waals surface area contributed by atoms with E-state index in [2.05, 4.69) is 53.4 Å². The molecular formula is C25H34ClN3O. The molecule has 2 aromatic heterocycles. The quantitative estimate of drug-likeness (QED) is 0.394. The molecule has 3 aromatic rings. The maximum absolute atomic E-state index is 5.67. The van der Waals surface area contributed by atoms with Crippen LogP contribution in [0.15, 0.2) is 60.9 Å². The molecule has 0 spiro atoms. The first-order chi connectivity index (χ1) is 14.1. The van der Waals surface area contributed by atoms with Gasteiger partial charge in [0.15, 0.2) is 0 Å². The van der Waals surface area contributed by atoms with Gasteiger partial charge < -0.3 is 10.1 Å². The Morgan fingerprint density at radius 1 is 0.833 bits per heavy atom. The van der Waals surface area contributed by atoms with E-state index in [4.69, 9.17) is 16.3 Å². The van der Waals surface area contributed by atoms with Crippen molar-refractivity contribution in [2.75, 3.05) is 12.4 Å². The minimum Gasteiger partial charge on any atom is -0.497 e. The van der Waals surface area contributed by atoms with Crippen molar-refractivity contribution < 1.29 is 4.74 Å². The fraction of sp³-hybridized carbons (Fsp3) is 0.360. The number of hydrogen-bond acceptors (Lipinski definition) is 4. The first kappa shape index (κ1) is 25.4. The maximum Gasteiger partial charge on any atom is 0.129 e. The second kappa shape index (κ2) is 14.4. The van der Waals surface area contributed by atoms with Crippen molar-refractivity contribution in [1.29, 1.82) is 0 Å². The third-order valence-electron chi connectivity index (χ3n) is 4.33. The lowest BCUT2D eigenvalue weighted by atomic mass is 10.1. The van der Waals surface area contributed by atoms with E-state index < -0.39 is 0 Å². The number of ether oxygens (including phenoxy) is 1. The molecule has 0 unspecified atom stereocenters. The molecule has 0 bridgehead atoms. The highest BCUT2D eigenvalue weighted by atomic mass is 35.5. The number of rotatable bonds is 8. The molecule has 0 aliphatic carbocycles. The molecule has 2 heterocycles. The molecule has 0 saturated heterocycles. The molecule has 0 fully saturated rings. The Morgan fingerprint density at radius 3 is 2.00 bits per heavy atom. The predicted molar refractivity (Wildman–Crippen MR) is 129 cm³/mol. The van der Waals surface area contributed by atoms with E-state index in [-0.39, 0.29) is 7.43 Å². The summed E-state index contributed by atoms with van der Waals surface area (Å²) in [6.45, 7) is 5.10. The Bertz CT molecular complexity index is 853. The van der Waals surface area contributed by atoms with Crippen LogP contribution in [0.4, 0.5) is 5.82 Å². The van der Waals surface area contributed by atoms with Gasteiger partial charge in [0.2, 0.25) is 0 Å². The van der Waals surface area contributed by atoms with Gasteiger partial charge in [-0.15, -0.1) is 0 Å². The third kappa shape index (κ3) is 9.27. The number of aryl methyl sites for hydroxylation is 2. The second-order valence-corrected chi connectivity index (χ2v) is 7.13. The minimum atomic E-state index is 0. The van der Waals surface area contributed by atoms with Crippen molar-refractivity contribution in [2.24, 2.45) is 0 Å². The van der Waals surface area contributed by atoms with Crippen LogP contribution in [0.5, 0.6) is 5.75 Å². The van der Waals surface area contributed by atoms with Crippen LogP contribution in [-0.2, 0) is 19.4 Å². The summed E-state index contributed by atoms with van der Waals surface area (Å²) in [5.74, 6) is 1.81. The molecule has 0 saturated carbocycles. The largest absolute Gasteiger partial charge is 0.497 e. The number of nitrogens with one attached hydrogen (secondary N) is 1. The molecule has 30 heavy (non-hydrogen) atoms. The summed E-state index contributed by atoms with van der Waals surface area (Å²) in [4.78, 5) is 8.22. The number of pyridine rings is 2. The first-order valence-electron chi connectivity index (χ1n) is 10.1. The van der Waals surface area contributed by atoms with Crippen molar-refractivity contribution in [3.05, 3.63) is 82.8 Å². The molecule has 3 rings (SSSR count). The van der Waals surface area contributed by atoms with E-state index in [1.54, 1.807) is 13.3 Å². The Morgan fingerprint density at radius 2 is 1.43 bits per heavy atom. The Balaban J connectivity index is 0.000000348. The Labute approximate surface area is 186 Å². The predicted octanol–water partition coefficient (Wildman–Crippen LogP) is 6.98. The maximum atomic E-state index is 5.67. The monoisotopic (exact) mass is 427 g/mol. The van der Waals surface area contributed by atoms with Gasteiger partial charge in [0.05, 0.1) is 7.11 Å². The van der Waals surface area contributed by atoms with Gasteiger partial charge in [0, 0.05) is 18.9 Å². The van der Waals surface area contributed by atoms with E-state index in [0.29, 0.717) is 5.15 Å². The van der Waals surface area contributed by atoms with Crippen LogP contribution in [0.3, 0.4) is 0 Å². The molecule has 162 valence electrons. The van der Waals surface area contributed by atoms with Gasteiger partial charge in [0.25, 0.3) is 0 Å². The summed E-state index contributed by atoms with van der Waals surface area (Å²) in [5, 5.41) is 3.93. The summed E-state index contributed by atoms with van der Waals surface area (Å²) in [7, 11) is 1.68. The number of hydrogen-bond donors (Lipinski definition) is 1. The van der Waals surface area contributed by atoms with Crippen LogP contribution in [0.25, 0.3) is 0 Å². The highest BCUT2D eigenvalue weighted by Gasteiger charge is 1.98. The van der Waals surface area contributed by atoms with Crippen LogP contribution in [-0.4, -0.2) is 17.1 Å². The minimum absolute atomic E-state index is 0. The topological polar surface area (TPSA) is 47.0 Å². The number of methoxy groups -OCH3 is 1. The molecule has 0 amide bonds. The zero-order valence-corrected chi connectivity index (χ0v) is 18.2. The van der Waals surface area contributed by atoms with Gasteiger partial charge in [0.1, 0.15) is 16.7 Å². The van der Waals surface area contributed by atoms with E-state index in [0.717, 1.165) is 43.8 Å². The first-order valence-corrected chi connectivity index (χ1v) is 10.4. The summed E-state index contributed by atoms with van der Waals surface area (Å²) in [6.07, 6.45) is 8.10. The standard InChI is InChI=1S/C16H20N2O.C8H10ClN.CH4/c1-3-4-13-9-10-17-16(11-13)18-12-14-5-7-15(19-2)8-6-14;1-2-3-7-4-5-10-8(9)6-7;/h5-11H,3-4,12H2,1-2H3,(H,17,18);4-6H,2-3H2,1H3;1H4. The van der Waals surface area contributed by atoms with Crippen LogP contribution in [0.2, 0.25) is 5.15 Å². The molecule has 1 N–H and O–H groups in total. The summed E-state index contributed by atoms with van der Waals surface area (Å²) < 4.78 is 5.14. The van der Waals surface area contributed by atoms with Crippen molar-refractivity contribution in [2.45, 2.75) is 53.5 Å². The zero-order chi connectivity index (χ0) is 20.9. The van der Waals surface area contributed by atoms with Gasteiger partial charge >= 0.3 is 0 Å². The number of halogens is 1. The molecule has 1 aromatic carbocycles. The van der Waals surface area contributed by atoms with Crippen molar-refractivity contribution in [3.63, 3.8) is 0 Å². The normalized spacial score (nSPS) is 9.73. The van der Waals surface area contributed by atoms with Gasteiger partial charge in [-0.1, -0.05) is 57.8 Å². The fourth-order valence-corrected chi connectivity index (χ4v) is 3.03. The molecule has 0 aliphatic heterocycles. The second-order valence-electron chi connectivity index (χ2n) is 6.74. The summed E-state index contributed by atoms with van der Waals surface area (Å²) in [6, 6.07) is 16.1. The number of nitrogens with zero attached hydrogens (tertiary/aromatic N) is 2. The lowest BCUT2D eigenvalue weighted by molar-refractivity contribution is 0.414. The highest BCUT2D eigenvalue weighted by Crippen LogP contribution is 2.14. The van der Waals surface area contributed by atoms with Crippen LogP contribution in [0, 0.1) is 0 Å². The lowest BCUT2D eigenvalue weighted by Gasteiger charge is -2.08. The van der Waals surface area contributed by atoms with Gasteiger partial charge in [-0.2, -0.15) is 0 Å². The van der Waals surface area contributed by atoms with Gasteiger partial charge in [-0.25, -0.2) is 9.97 Å². The van der Waals surface area contributed by atoms with Crippen molar-refractivity contribution in [3.8, 4) is 5.75 Å². The van der Waals surface area contributed by atoms with Gasteiger partial charge in [-0.3, -0.25) is 0 Å². The van der Waals surface area contributed by atoms with E-state index >= 15 is 0 Å². The molecule has 0 atom stereocenters. The van der Waals surface area contributed by atoms with E-state index in [9.17, 15) is 0 Å². The number of aromatic nitrogens is 2. The highest BCUT2D eigenvalue weighted by molar-refractivity contribution is 6.29. The average Bonchev–Trinajstić information content (AvgIpc) is 2.74. The SMILES string of the molecule is C.CCCc1ccnc(Cl)c1.CCCc1ccnc(NCc2ccc(OC)cc2)c1. The molecular weight excluding hydrogens is 394 g/mol. The van der Waals surface area contributed by atoms with Crippen LogP contribution >= 0.6 is 11.6 Å². The summed E-state index contributed by atoms with van der Waals surface area (Å²) in [5.41, 5.74) is 3.81. The van der Waals surface area contributed by atoms with Crippen LogP contribution in [0.1, 0.15) is 50.8 Å². The summed E-state index contributed by atoms with van der Waals surface area (Å²) >= 11 is 5.67. The Kier molecular flexibility index (Phi) is 12.2. The fourth-order valence-electron chi connectivity index (χ4n) is 2.84. The third-order valence-corrected chi connectivity index (χ3v) is 4.53. The molecule has 4 nitrogen and oxygen atoms in total. The number of benzene rings is 1. The van der Waals surface area contributed by atoms with Crippen molar-refractivity contribution in [1.82, 2.24) is 9.97 Å². The average molecular weight is 428 g/mol. The van der Waals surface area contributed by atoms with Gasteiger partial charge in [-0.05, 0) is 65.9 Å². The smallest absolute Gasteiger partial charge is 0.129 e. The zero-order valence-electron chi connectivity index (χ0n) is 17.5. The molecule has 0 aliphatic rings.